The minimum absolute atomic E-state index is 0.130. The minimum Gasteiger partial charge on any atom is -0.355 e. The van der Waals surface area contributed by atoms with Crippen LogP contribution in [-0.4, -0.2) is 18.4 Å². The number of benzene rings is 1. The molecular formula is C17H23BrN2O2. The van der Waals surface area contributed by atoms with E-state index < -0.39 is 5.41 Å². The van der Waals surface area contributed by atoms with Gasteiger partial charge >= 0.3 is 0 Å². The van der Waals surface area contributed by atoms with Crippen LogP contribution in [0.1, 0.15) is 44.6 Å². The summed E-state index contributed by atoms with van der Waals surface area (Å²) in [6.45, 7) is 4.74. The maximum Gasteiger partial charge on any atom is 0.240 e. The van der Waals surface area contributed by atoms with Crippen LogP contribution in [-0.2, 0) is 9.59 Å². The molecule has 0 spiro atoms. The van der Waals surface area contributed by atoms with E-state index in [0.29, 0.717) is 19.4 Å². The zero-order chi connectivity index (χ0) is 16.2. The monoisotopic (exact) mass is 366 g/mol. The van der Waals surface area contributed by atoms with E-state index >= 15 is 0 Å². The van der Waals surface area contributed by atoms with E-state index in [-0.39, 0.29) is 11.8 Å². The van der Waals surface area contributed by atoms with Crippen molar-refractivity contribution in [1.29, 1.82) is 0 Å². The van der Waals surface area contributed by atoms with Gasteiger partial charge in [0, 0.05) is 16.7 Å². The van der Waals surface area contributed by atoms with E-state index in [1.165, 1.54) is 0 Å². The van der Waals surface area contributed by atoms with Crippen molar-refractivity contribution in [2.75, 3.05) is 11.9 Å². The smallest absolute Gasteiger partial charge is 0.240 e. The molecule has 0 unspecified atom stereocenters. The maximum absolute atomic E-state index is 12.4. The molecule has 0 radical (unpaired) electrons. The van der Waals surface area contributed by atoms with Gasteiger partial charge in [-0.3, -0.25) is 9.59 Å². The van der Waals surface area contributed by atoms with Crippen molar-refractivity contribution in [3.8, 4) is 0 Å². The molecule has 0 atom stereocenters. The van der Waals surface area contributed by atoms with Gasteiger partial charge in [-0.05, 0) is 49.9 Å². The normalized spacial score (nSPS) is 15.2. The highest BCUT2D eigenvalue weighted by Crippen LogP contribution is 2.46. The first-order chi connectivity index (χ1) is 10.5. The standard InChI is InChI=1S/C17H23BrN2O2/c1-3-4-5-10-19-15(21)17(8-9-17)16(22)20-13-6-7-14(18)12(2)11-13/h6-7,11H,3-5,8-10H2,1-2H3,(H,19,21)(H,20,22). The SMILES string of the molecule is CCCCCNC(=O)C1(C(=O)Nc2ccc(Br)c(C)c2)CC1. The van der Waals surface area contributed by atoms with Crippen LogP contribution in [0.3, 0.4) is 0 Å². The lowest BCUT2D eigenvalue weighted by atomic mass is 10.0. The summed E-state index contributed by atoms with van der Waals surface area (Å²) in [5.74, 6) is -0.322. The molecule has 4 nitrogen and oxygen atoms in total. The first-order valence-corrected chi connectivity index (χ1v) is 8.65. The number of amides is 2. The molecule has 1 saturated carbocycles. The summed E-state index contributed by atoms with van der Waals surface area (Å²) >= 11 is 3.43. The van der Waals surface area contributed by atoms with Crippen LogP contribution in [0.5, 0.6) is 0 Å². The summed E-state index contributed by atoms with van der Waals surface area (Å²) < 4.78 is 1.00. The van der Waals surface area contributed by atoms with Crippen molar-refractivity contribution in [1.82, 2.24) is 5.32 Å². The molecule has 0 aromatic heterocycles. The number of unbranched alkanes of at least 4 members (excludes halogenated alkanes) is 2. The van der Waals surface area contributed by atoms with Gasteiger partial charge in [-0.1, -0.05) is 35.7 Å². The second-order valence-electron chi connectivity index (χ2n) is 5.96. The molecule has 1 aliphatic carbocycles. The highest BCUT2D eigenvalue weighted by Gasteiger charge is 2.56. The van der Waals surface area contributed by atoms with Crippen LogP contribution < -0.4 is 10.6 Å². The second-order valence-corrected chi connectivity index (χ2v) is 6.82. The van der Waals surface area contributed by atoms with Crippen molar-refractivity contribution >= 4 is 33.4 Å². The van der Waals surface area contributed by atoms with Gasteiger partial charge in [0.2, 0.25) is 11.8 Å². The number of rotatable bonds is 7. The Bertz CT molecular complexity index is 568. The number of halogens is 1. The van der Waals surface area contributed by atoms with Gasteiger partial charge in [0.1, 0.15) is 5.41 Å². The molecule has 5 heteroatoms. The number of nitrogens with one attached hydrogen (secondary N) is 2. The summed E-state index contributed by atoms with van der Waals surface area (Å²) in [6, 6.07) is 5.64. The Morgan fingerprint density at radius 1 is 1.23 bits per heavy atom. The largest absolute Gasteiger partial charge is 0.355 e. The molecule has 0 aliphatic heterocycles. The maximum atomic E-state index is 12.4. The van der Waals surface area contributed by atoms with Gasteiger partial charge < -0.3 is 10.6 Å². The molecule has 2 N–H and O–H groups in total. The molecule has 22 heavy (non-hydrogen) atoms. The van der Waals surface area contributed by atoms with E-state index in [9.17, 15) is 9.59 Å². The first-order valence-electron chi connectivity index (χ1n) is 7.85. The first kappa shape index (κ1) is 17.0. The number of hydrogen-bond acceptors (Lipinski definition) is 2. The van der Waals surface area contributed by atoms with Crippen molar-refractivity contribution in [3.63, 3.8) is 0 Å². The van der Waals surface area contributed by atoms with Crippen LogP contribution in [0.4, 0.5) is 5.69 Å². The van der Waals surface area contributed by atoms with Crippen molar-refractivity contribution in [3.05, 3.63) is 28.2 Å². The van der Waals surface area contributed by atoms with Gasteiger partial charge in [-0.2, -0.15) is 0 Å². The van der Waals surface area contributed by atoms with Gasteiger partial charge in [0.25, 0.3) is 0 Å². The van der Waals surface area contributed by atoms with Crippen LogP contribution >= 0.6 is 15.9 Å². The number of carbonyl (C=O) groups is 2. The molecule has 2 rings (SSSR count). The van der Waals surface area contributed by atoms with Crippen molar-refractivity contribution in [2.24, 2.45) is 5.41 Å². The third-order valence-corrected chi connectivity index (χ3v) is 4.99. The second kappa shape index (κ2) is 7.27. The molecular weight excluding hydrogens is 344 g/mol. The van der Waals surface area contributed by atoms with Gasteiger partial charge in [-0.25, -0.2) is 0 Å². The van der Waals surface area contributed by atoms with Gasteiger partial charge in [0.15, 0.2) is 0 Å². The van der Waals surface area contributed by atoms with Crippen LogP contribution in [0, 0.1) is 12.3 Å². The molecule has 2 amide bonds. The molecule has 1 aliphatic rings. The molecule has 1 fully saturated rings. The fourth-order valence-electron chi connectivity index (χ4n) is 2.40. The van der Waals surface area contributed by atoms with Crippen LogP contribution in [0.15, 0.2) is 22.7 Å². The molecule has 1 aromatic carbocycles. The lowest BCUT2D eigenvalue weighted by Gasteiger charge is -2.16. The van der Waals surface area contributed by atoms with Crippen molar-refractivity contribution in [2.45, 2.75) is 46.0 Å². The summed E-state index contributed by atoms with van der Waals surface area (Å²) in [5, 5.41) is 5.77. The molecule has 0 saturated heterocycles. The van der Waals surface area contributed by atoms with Crippen molar-refractivity contribution < 1.29 is 9.59 Å². The topological polar surface area (TPSA) is 58.2 Å². The molecule has 0 bridgehead atoms. The number of anilines is 1. The molecule has 1 aromatic rings. The third kappa shape index (κ3) is 3.88. The third-order valence-electron chi connectivity index (χ3n) is 4.10. The Labute approximate surface area is 140 Å². The molecule has 120 valence electrons. The Hall–Kier alpha value is -1.36. The van der Waals surface area contributed by atoms with E-state index in [4.69, 9.17) is 0 Å². The highest BCUT2D eigenvalue weighted by atomic mass is 79.9. The number of carbonyl (C=O) groups excluding carboxylic acids is 2. The zero-order valence-electron chi connectivity index (χ0n) is 13.2. The van der Waals surface area contributed by atoms with E-state index in [2.05, 4.69) is 33.5 Å². The Balaban J connectivity index is 1.93. The van der Waals surface area contributed by atoms with Crippen LogP contribution in [0.2, 0.25) is 0 Å². The van der Waals surface area contributed by atoms with E-state index in [1.54, 1.807) is 0 Å². The number of hydrogen-bond donors (Lipinski definition) is 2. The van der Waals surface area contributed by atoms with Crippen LogP contribution in [0.25, 0.3) is 0 Å². The fourth-order valence-corrected chi connectivity index (χ4v) is 2.65. The van der Waals surface area contributed by atoms with E-state index in [0.717, 1.165) is 35.0 Å². The summed E-state index contributed by atoms with van der Waals surface area (Å²) in [5.41, 5.74) is 0.926. The fraction of sp³-hybridized carbons (Fsp3) is 0.529. The lowest BCUT2D eigenvalue weighted by molar-refractivity contribution is -0.134. The highest BCUT2D eigenvalue weighted by molar-refractivity contribution is 9.10. The summed E-state index contributed by atoms with van der Waals surface area (Å²) in [6.07, 6.45) is 4.44. The Kier molecular flexibility index (Phi) is 5.62. The zero-order valence-corrected chi connectivity index (χ0v) is 14.8. The average Bonchev–Trinajstić information content (AvgIpc) is 3.29. The van der Waals surface area contributed by atoms with Gasteiger partial charge in [-0.15, -0.1) is 0 Å². The quantitative estimate of drug-likeness (QED) is 0.569. The van der Waals surface area contributed by atoms with Gasteiger partial charge in [0.05, 0.1) is 0 Å². The Morgan fingerprint density at radius 3 is 2.55 bits per heavy atom. The average molecular weight is 367 g/mol. The summed E-state index contributed by atoms with van der Waals surface area (Å²) in [4.78, 5) is 24.7. The Morgan fingerprint density at radius 2 is 1.95 bits per heavy atom. The summed E-state index contributed by atoms with van der Waals surface area (Å²) in [7, 11) is 0. The predicted molar refractivity (Wildman–Crippen MR) is 91.7 cm³/mol. The lowest BCUT2D eigenvalue weighted by Crippen LogP contribution is -2.40. The number of aryl methyl sites for hydroxylation is 1. The predicted octanol–water partition coefficient (Wildman–Crippen LogP) is 3.78. The molecule has 0 heterocycles. The van der Waals surface area contributed by atoms with E-state index in [1.807, 2.05) is 25.1 Å². The minimum atomic E-state index is -0.854.